The van der Waals surface area contributed by atoms with Crippen molar-refractivity contribution in [2.75, 3.05) is 30.9 Å². The van der Waals surface area contributed by atoms with Gasteiger partial charge < -0.3 is 25.7 Å². The first kappa shape index (κ1) is 22.5. The molecule has 3 amide bonds. The fraction of sp³-hybridized carbons (Fsp3) is 0.160. The summed E-state index contributed by atoms with van der Waals surface area (Å²) in [7, 11) is 1.35. The highest BCUT2D eigenvalue weighted by molar-refractivity contribution is 6.35. The number of hydrogen-bond donors (Lipinski definition) is 4. The Bertz CT molecular complexity index is 1410. The van der Waals surface area contributed by atoms with Gasteiger partial charge in [-0.15, -0.1) is 0 Å². The molecule has 0 spiro atoms. The summed E-state index contributed by atoms with van der Waals surface area (Å²) < 4.78 is 33.1. The van der Waals surface area contributed by atoms with E-state index in [2.05, 4.69) is 20.9 Å². The molecule has 0 aliphatic carbocycles. The number of benzene rings is 2. The standard InChI is InChI=1S/C25H20F2N4O4/c1-35-11-21(32)30-19-10-18-14(8-16(19)27)15(24(33)31-18)9-20-22(12-2-4-13(26)5-3-12)23-17(29-20)6-7-28-25(23)34/h2-5,8-10,29H,6-7,11H2,1H3,(H,28,34)(H,30,32)(H,31,33). The summed E-state index contributed by atoms with van der Waals surface area (Å²) in [6.07, 6.45) is 2.11. The first-order valence-corrected chi connectivity index (χ1v) is 10.8. The highest BCUT2D eigenvalue weighted by Gasteiger charge is 2.30. The number of carbonyl (C=O) groups is 3. The van der Waals surface area contributed by atoms with E-state index in [1.807, 2.05) is 0 Å². The van der Waals surface area contributed by atoms with Gasteiger partial charge in [0.25, 0.3) is 11.8 Å². The second-order valence-corrected chi connectivity index (χ2v) is 8.15. The van der Waals surface area contributed by atoms with E-state index >= 15 is 0 Å². The largest absolute Gasteiger partial charge is 0.375 e. The van der Waals surface area contributed by atoms with Gasteiger partial charge in [0.05, 0.1) is 22.5 Å². The molecule has 5 rings (SSSR count). The van der Waals surface area contributed by atoms with Crippen molar-refractivity contribution < 1.29 is 27.9 Å². The predicted molar refractivity (Wildman–Crippen MR) is 126 cm³/mol. The summed E-state index contributed by atoms with van der Waals surface area (Å²) in [5.41, 5.74) is 3.42. The zero-order valence-corrected chi connectivity index (χ0v) is 18.6. The molecule has 0 saturated heterocycles. The van der Waals surface area contributed by atoms with E-state index in [4.69, 9.17) is 4.74 Å². The minimum Gasteiger partial charge on any atom is -0.375 e. The molecule has 1 aromatic heterocycles. The number of methoxy groups -OCH3 is 1. The molecule has 8 nitrogen and oxygen atoms in total. The molecule has 4 N–H and O–H groups in total. The van der Waals surface area contributed by atoms with Crippen molar-refractivity contribution in [3.63, 3.8) is 0 Å². The van der Waals surface area contributed by atoms with Crippen molar-refractivity contribution >= 4 is 40.7 Å². The molecule has 10 heteroatoms. The highest BCUT2D eigenvalue weighted by atomic mass is 19.1. The van der Waals surface area contributed by atoms with Crippen LogP contribution in [-0.4, -0.2) is 43.0 Å². The van der Waals surface area contributed by atoms with Gasteiger partial charge in [0, 0.05) is 42.6 Å². The van der Waals surface area contributed by atoms with Crippen molar-refractivity contribution in [1.82, 2.24) is 10.3 Å². The van der Waals surface area contributed by atoms with Crippen LogP contribution in [0, 0.1) is 11.6 Å². The number of H-pyrrole nitrogens is 1. The summed E-state index contributed by atoms with van der Waals surface area (Å²) in [4.78, 5) is 40.5. The van der Waals surface area contributed by atoms with Gasteiger partial charge in [0.2, 0.25) is 5.91 Å². The lowest BCUT2D eigenvalue weighted by atomic mass is 9.95. The molecule has 0 unspecified atom stereocenters. The quantitative estimate of drug-likeness (QED) is 0.422. The molecule has 2 aliphatic heterocycles. The minimum atomic E-state index is -0.723. The number of halogens is 2. The second kappa shape index (κ2) is 8.80. The van der Waals surface area contributed by atoms with Gasteiger partial charge in [-0.05, 0) is 35.9 Å². The molecule has 0 atom stereocenters. The lowest BCUT2D eigenvalue weighted by molar-refractivity contribution is -0.119. The Labute approximate surface area is 198 Å². The number of hydrogen-bond acceptors (Lipinski definition) is 4. The zero-order valence-electron chi connectivity index (χ0n) is 18.6. The third-order valence-electron chi connectivity index (χ3n) is 5.86. The topological polar surface area (TPSA) is 112 Å². The van der Waals surface area contributed by atoms with E-state index in [0.717, 1.165) is 6.07 Å². The Morgan fingerprint density at radius 1 is 1.11 bits per heavy atom. The first-order valence-electron chi connectivity index (χ1n) is 10.8. The number of amides is 3. The summed E-state index contributed by atoms with van der Waals surface area (Å²) in [6, 6.07) is 8.19. The normalized spacial score (nSPS) is 15.5. The number of carbonyl (C=O) groups excluding carboxylic acids is 3. The third kappa shape index (κ3) is 4.08. The number of fused-ring (bicyclic) bond motifs is 2. The van der Waals surface area contributed by atoms with Crippen molar-refractivity contribution in [2.45, 2.75) is 6.42 Å². The van der Waals surface area contributed by atoms with Crippen LogP contribution >= 0.6 is 0 Å². The van der Waals surface area contributed by atoms with Gasteiger partial charge in [-0.2, -0.15) is 0 Å². The summed E-state index contributed by atoms with van der Waals surface area (Å²) >= 11 is 0. The van der Waals surface area contributed by atoms with Crippen molar-refractivity contribution in [3.05, 3.63) is 70.5 Å². The maximum atomic E-state index is 14.8. The van der Waals surface area contributed by atoms with Gasteiger partial charge in [0.15, 0.2) is 0 Å². The van der Waals surface area contributed by atoms with Crippen molar-refractivity contribution in [3.8, 4) is 11.1 Å². The Morgan fingerprint density at radius 2 is 1.89 bits per heavy atom. The van der Waals surface area contributed by atoms with Gasteiger partial charge >= 0.3 is 0 Å². The summed E-state index contributed by atoms with van der Waals surface area (Å²) in [5.74, 6) is -2.42. The molecule has 0 fully saturated rings. The van der Waals surface area contributed by atoms with E-state index in [1.54, 1.807) is 18.2 Å². The van der Waals surface area contributed by atoms with Crippen molar-refractivity contribution in [2.24, 2.45) is 0 Å². The average Bonchev–Trinajstić information content (AvgIpc) is 3.33. The van der Waals surface area contributed by atoms with Gasteiger partial charge in [-0.25, -0.2) is 8.78 Å². The zero-order chi connectivity index (χ0) is 24.7. The van der Waals surface area contributed by atoms with Crippen LogP contribution in [0.15, 0.2) is 36.4 Å². The molecule has 3 aromatic rings. The molecular weight excluding hydrogens is 458 g/mol. The number of rotatable bonds is 5. The van der Waals surface area contributed by atoms with Gasteiger partial charge in [-0.3, -0.25) is 14.4 Å². The number of anilines is 2. The van der Waals surface area contributed by atoms with E-state index in [-0.39, 0.29) is 23.8 Å². The molecule has 2 aromatic carbocycles. The van der Waals surface area contributed by atoms with Crippen LogP contribution in [0.25, 0.3) is 22.8 Å². The maximum Gasteiger partial charge on any atom is 0.256 e. The van der Waals surface area contributed by atoms with E-state index in [0.29, 0.717) is 52.3 Å². The fourth-order valence-corrected chi connectivity index (χ4v) is 4.34. The fourth-order valence-electron chi connectivity index (χ4n) is 4.34. The van der Waals surface area contributed by atoms with E-state index < -0.39 is 23.4 Å². The molecule has 2 aliphatic rings. The van der Waals surface area contributed by atoms with Gasteiger partial charge in [0.1, 0.15) is 18.2 Å². The Hall–Kier alpha value is -4.31. The number of ether oxygens (including phenoxy) is 1. The smallest absolute Gasteiger partial charge is 0.256 e. The van der Waals surface area contributed by atoms with Crippen molar-refractivity contribution in [1.29, 1.82) is 0 Å². The lowest BCUT2D eigenvalue weighted by Gasteiger charge is -2.14. The van der Waals surface area contributed by atoms with Crippen LogP contribution in [0.2, 0.25) is 0 Å². The average molecular weight is 478 g/mol. The number of aromatic nitrogens is 1. The van der Waals surface area contributed by atoms with Crippen LogP contribution < -0.4 is 16.0 Å². The van der Waals surface area contributed by atoms with E-state index in [1.165, 1.54) is 25.3 Å². The van der Waals surface area contributed by atoms with Crippen LogP contribution in [-0.2, 0) is 20.7 Å². The maximum absolute atomic E-state index is 14.8. The Morgan fingerprint density at radius 3 is 2.63 bits per heavy atom. The van der Waals surface area contributed by atoms with Crippen LogP contribution in [0.3, 0.4) is 0 Å². The Kier molecular flexibility index (Phi) is 5.65. The molecule has 0 radical (unpaired) electrons. The second-order valence-electron chi connectivity index (χ2n) is 8.15. The highest BCUT2D eigenvalue weighted by Crippen LogP contribution is 2.39. The van der Waals surface area contributed by atoms with Gasteiger partial charge in [-0.1, -0.05) is 12.1 Å². The van der Waals surface area contributed by atoms with E-state index in [9.17, 15) is 23.2 Å². The third-order valence-corrected chi connectivity index (χ3v) is 5.86. The van der Waals surface area contributed by atoms with Crippen LogP contribution in [0.5, 0.6) is 0 Å². The minimum absolute atomic E-state index is 0.0913. The lowest BCUT2D eigenvalue weighted by Crippen LogP contribution is -2.31. The SMILES string of the molecule is COCC(=O)Nc1cc2c(cc1F)C(=Cc1[nH]c3c(c1-c1ccc(F)cc1)C(=O)NCC3)C(=O)N2. The summed E-state index contributed by atoms with van der Waals surface area (Å²) in [5, 5.41) is 7.88. The number of nitrogens with one attached hydrogen (secondary N) is 4. The molecule has 3 heterocycles. The predicted octanol–water partition coefficient (Wildman–Crippen LogP) is 3.32. The van der Waals surface area contributed by atoms with Crippen LogP contribution in [0.1, 0.15) is 27.3 Å². The Balaban J connectivity index is 1.61. The molecular formula is C25H20F2N4O4. The molecule has 178 valence electrons. The first-order chi connectivity index (χ1) is 16.9. The molecule has 0 bridgehead atoms. The summed E-state index contributed by atoms with van der Waals surface area (Å²) in [6.45, 7) is 0.211. The van der Waals surface area contributed by atoms with Crippen LogP contribution in [0.4, 0.5) is 20.2 Å². The number of aromatic amines is 1. The molecule has 35 heavy (non-hydrogen) atoms. The molecule has 0 saturated carbocycles. The monoisotopic (exact) mass is 478 g/mol.